The van der Waals surface area contributed by atoms with Gasteiger partial charge in [0.2, 0.25) is 0 Å². The molecule has 0 N–H and O–H groups in total. The van der Waals surface area contributed by atoms with E-state index in [1.54, 1.807) is 28.7 Å². The lowest BCUT2D eigenvalue weighted by Crippen LogP contribution is -2.43. The molecule has 0 aliphatic carbocycles. The molecule has 248 valence electrons. The van der Waals surface area contributed by atoms with E-state index in [-0.39, 0.29) is 17.3 Å². The van der Waals surface area contributed by atoms with Crippen molar-refractivity contribution >= 4 is 45.0 Å². The number of likely N-dealkylation sites (N-methyl/N-ethyl adjacent to an activating group) is 1. The quantitative estimate of drug-likeness (QED) is 0.181. The van der Waals surface area contributed by atoms with E-state index in [0.29, 0.717) is 46.0 Å². The average molecular weight is 673 g/mol. The minimum atomic E-state index is -0.756. The third-order valence-corrected chi connectivity index (χ3v) is 10.5. The molecule has 0 unspecified atom stereocenters. The monoisotopic (exact) mass is 672 g/mol. The number of halogens is 1. The minimum absolute atomic E-state index is 0.153. The Morgan fingerprint density at radius 2 is 1.65 bits per heavy atom. The third-order valence-electron chi connectivity index (χ3n) is 9.54. The smallest absolute Gasteiger partial charge is 0.271 e. The van der Waals surface area contributed by atoms with Crippen LogP contribution >= 0.6 is 11.3 Å². The van der Waals surface area contributed by atoms with Crippen molar-refractivity contribution in [2.75, 3.05) is 20.2 Å². The summed E-state index contributed by atoms with van der Waals surface area (Å²) in [5.41, 5.74) is 5.47. The predicted molar refractivity (Wildman–Crippen MR) is 194 cm³/mol. The Morgan fingerprint density at radius 3 is 2.37 bits per heavy atom. The molecular formula is C40H37FN4O3S. The lowest BCUT2D eigenvalue weighted by molar-refractivity contribution is -0.127. The number of carbonyl (C=O) groups excluding carboxylic acids is 1. The molecule has 0 radical (unpaired) electrons. The number of hydrogen-bond acceptors (Lipinski definition) is 5. The summed E-state index contributed by atoms with van der Waals surface area (Å²) in [5.74, 6) is 0.170. The van der Waals surface area contributed by atoms with E-state index in [0.717, 1.165) is 44.1 Å². The molecule has 1 aliphatic heterocycles. The minimum Gasteiger partial charge on any atom is -0.496 e. The maximum atomic E-state index is 14.7. The Balaban J connectivity index is 1.48. The fourth-order valence-electron chi connectivity index (χ4n) is 7.03. The van der Waals surface area contributed by atoms with Gasteiger partial charge in [-0.15, -0.1) is 0 Å². The number of hydrogen-bond donors (Lipinski definition) is 0. The van der Waals surface area contributed by atoms with Gasteiger partial charge < -0.3 is 14.2 Å². The number of carbonyl (C=O) groups is 1. The molecule has 0 saturated carbocycles. The zero-order chi connectivity index (χ0) is 34.4. The van der Waals surface area contributed by atoms with Crippen LogP contribution in [0.3, 0.4) is 0 Å². The number of ether oxygens (including phenoxy) is 1. The number of methoxy groups -OCH3 is 1. The number of aromatic nitrogens is 2. The molecule has 1 amide bonds. The fraction of sp³-hybridized carbons (Fsp3) is 0.225. The molecule has 3 heterocycles. The summed E-state index contributed by atoms with van der Waals surface area (Å²) < 4.78 is 24.0. The lowest BCUT2D eigenvalue weighted by atomic mass is 9.90. The highest BCUT2D eigenvalue weighted by molar-refractivity contribution is 7.07. The number of rotatable bonds is 8. The molecule has 2 aromatic heterocycles. The normalized spacial score (nSPS) is 14.7. The van der Waals surface area contributed by atoms with Gasteiger partial charge in [0.15, 0.2) is 4.80 Å². The van der Waals surface area contributed by atoms with E-state index in [9.17, 15) is 14.0 Å². The molecule has 0 bridgehead atoms. The maximum absolute atomic E-state index is 14.7. The highest BCUT2D eigenvalue weighted by atomic mass is 32.1. The van der Waals surface area contributed by atoms with E-state index < -0.39 is 6.04 Å². The van der Waals surface area contributed by atoms with Crippen molar-refractivity contribution < 1.29 is 13.9 Å². The fourth-order valence-corrected chi connectivity index (χ4v) is 8.06. The van der Waals surface area contributed by atoms with Gasteiger partial charge in [0.1, 0.15) is 17.6 Å². The maximum Gasteiger partial charge on any atom is 0.271 e. The van der Waals surface area contributed by atoms with Crippen LogP contribution in [0.5, 0.6) is 5.75 Å². The molecular weight excluding hydrogens is 636 g/mol. The first-order valence-corrected chi connectivity index (χ1v) is 17.3. The zero-order valence-electron chi connectivity index (χ0n) is 28.2. The van der Waals surface area contributed by atoms with Gasteiger partial charge in [0, 0.05) is 47.4 Å². The number of amides is 1. The van der Waals surface area contributed by atoms with Crippen molar-refractivity contribution in [3.8, 4) is 5.75 Å². The van der Waals surface area contributed by atoms with Crippen LogP contribution in [0.4, 0.5) is 4.39 Å². The van der Waals surface area contributed by atoms with Crippen LogP contribution in [0.25, 0.3) is 27.8 Å². The van der Waals surface area contributed by atoms with Gasteiger partial charge in [-0.1, -0.05) is 72.0 Å². The molecule has 7 nitrogen and oxygen atoms in total. The van der Waals surface area contributed by atoms with E-state index in [4.69, 9.17) is 9.73 Å². The van der Waals surface area contributed by atoms with E-state index in [1.165, 1.54) is 23.5 Å². The van der Waals surface area contributed by atoms with Gasteiger partial charge in [-0.25, -0.2) is 9.38 Å². The van der Waals surface area contributed by atoms with Gasteiger partial charge in [-0.3, -0.25) is 14.2 Å². The van der Waals surface area contributed by atoms with Gasteiger partial charge in [0.05, 0.1) is 22.9 Å². The van der Waals surface area contributed by atoms with Crippen LogP contribution < -0.4 is 19.6 Å². The van der Waals surface area contributed by atoms with Crippen molar-refractivity contribution in [1.82, 2.24) is 14.0 Å². The largest absolute Gasteiger partial charge is 0.496 e. The van der Waals surface area contributed by atoms with Crippen LogP contribution in [0.1, 0.15) is 49.2 Å². The number of thiazole rings is 1. The number of nitrogens with zero attached hydrogens (tertiary/aromatic N) is 4. The molecule has 0 fully saturated rings. The standard InChI is InChI=1S/C40H37FN4O3S/c1-6-43(7-2)39(47)35-24(3)42-40-45(37(35)36-29-13-9-8-12-27(29)18-21-33(36)48-5)38(46)34(49-40)22-31-25(4)44(32-15-11-10-14-30(31)32)23-26-16-19-28(41)20-17-26/h8-22,37H,6-7,23H2,1-5H3/b34-22+/t37-/m1/s1. The van der Waals surface area contributed by atoms with E-state index >= 15 is 0 Å². The molecule has 49 heavy (non-hydrogen) atoms. The summed E-state index contributed by atoms with van der Waals surface area (Å²) in [4.78, 5) is 36.2. The molecule has 0 saturated heterocycles. The SMILES string of the molecule is CCN(CC)C(=O)C1=C(C)N=c2s/c(=C/c3c(C)n(Cc4ccc(F)cc4)c4ccccc34)c(=O)n2[C@H]1c1c(OC)ccc2ccccc12. The number of fused-ring (bicyclic) bond motifs is 3. The number of benzene rings is 4. The molecule has 1 atom stereocenters. The van der Waals surface area contributed by atoms with Gasteiger partial charge in [0.25, 0.3) is 11.5 Å². The van der Waals surface area contributed by atoms with Crippen molar-refractivity contribution in [2.45, 2.75) is 40.3 Å². The van der Waals surface area contributed by atoms with Crippen LogP contribution in [0, 0.1) is 12.7 Å². The molecule has 6 aromatic rings. The molecule has 1 aliphatic rings. The Hall–Kier alpha value is -5.28. The van der Waals surface area contributed by atoms with E-state index in [1.807, 2.05) is 82.3 Å². The highest BCUT2D eigenvalue weighted by Crippen LogP contribution is 2.40. The Labute approximate surface area is 287 Å². The second-order valence-electron chi connectivity index (χ2n) is 12.2. The number of para-hydroxylation sites is 1. The summed E-state index contributed by atoms with van der Waals surface area (Å²) >= 11 is 1.32. The highest BCUT2D eigenvalue weighted by Gasteiger charge is 2.36. The first-order chi connectivity index (χ1) is 23.7. The predicted octanol–water partition coefficient (Wildman–Crippen LogP) is 6.72. The first-order valence-electron chi connectivity index (χ1n) is 16.4. The van der Waals surface area contributed by atoms with E-state index in [2.05, 4.69) is 16.7 Å². The topological polar surface area (TPSA) is 68.8 Å². The van der Waals surface area contributed by atoms with Crippen LogP contribution in [0.15, 0.2) is 106 Å². The number of allylic oxidation sites excluding steroid dienone is 1. The average Bonchev–Trinajstić information content (AvgIpc) is 3.56. The van der Waals surface area contributed by atoms with Gasteiger partial charge in [-0.05, 0) is 74.4 Å². The molecule has 0 spiro atoms. The Kier molecular flexibility index (Phi) is 8.54. The van der Waals surface area contributed by atoms with Gasteiger partial charge in [-0.2, -0.15) is 0 Å². The molecule has 9 heteroatoms. The summed E-state index contributed by atoms with van der Waals surface area (Å²) in [6.07, 6.45) is 1.95. The Morgan fingerprint density at radius 1 is 0.959 bits per heavy atom. The summed E-state index contributed by atoms with van der Waals surface area (Å²) in [6, 6.07) is 25.7. The summed E-state index contributed by atoms with van der Waals surface area (Å²) in [6.45, 7) is 9.41. The molecule has 7 rings (SSSR count). The van der Waals surface area contributed by atoms with Crippen LogP contribution in [-0.4, -0.2) is 40.1 Å². The first kappa shape index (κ1) is 32.3. The summed E-state index contributed by atoms with van der Waals surface area (Å²) in [5, 5.41) is 2.89. The van der Waals surface area contributed by atoms with Crippen LogP contribution in [-0.2, 0) is 11.3 Å². The van der Waals surface area contributed by atoms with Crippen molar-refractivity contribution in [3.63, 3.8) is 0 Å². The zero-order valence-corrected chi connectivity index (χ0v) is 29.0. The third kappa shape index (κ3) is 5.48. The molecule has 4 aromatic carbocycles. The Bertz CT molecular complexity index is 2470. The lowest BCUT2D eigenvalue weighted by Gasteiger charge is -2.30. The van der Waals surface area contributed by atoms with Crippen molar-refractivity contribution in [1.29, 1.82) is 0 Å². The van der Waals surface area contributed by atoms with Crippen molar-refractivity contribution in [3.05, 3.63) is 144 Å². The summed E-state index contributed by atoms with van der Waals surface area (Å²) in [7, 11) is 1.62. The second-order valence-corrected chi connectivity index (χ2v) is 13.2. The van der Waals surface area contributed by atoms with Crippen LogP contribution in [0.2, 0.25) is 0 Å². The van der Waals surface area contributed by atoms with Gasteiger partial charge >= 0.3 is 0 Å². The van der Waals surface area contributed by atoms with Crippen molar-refractivity contribution in [2.24, 2.45) is 4.99 Å². The second kappa shape index (κ2) is 13.0.